The maximum absolute atomic E-state index is 12.2. The van der Waals surface area contributed by atoms with E-state index in [0.29, 0.717) is 24.7 Å². The second-order valence-electron chi connectivity index (χ2n) is 8.24. The number of carboxylic acids is 1. The van der Waals surface area contributed by atoms with Gasteiger partial charge in [-0.05, 0) is 51.5 Å². The fraction of sp³-hybridized carbons (Fsp3) is 0.600. The van der Waals surface area contributed by atoms with Crippen molar-refractivity contribution in [3.05, 3.63) is 29.8 Å². The Labute approximate surface area is 160 Å². The van der Waals surface area contributed by atoms with Crippen molar-refractivity contribution in [2.24, 2.45) is 0 Å². The van der Waals surface area contributed by atoms with E-state index in [2.05, 4.69) is 9.80 Å². The molecule has 1 amide bonds. The van der Waals surface area contributed by atoms with Crippen LogP contribution in [0.4, 0.5) is 10.5 Å². The van der Waals surface area contributed by atoms with Gasteiger partial charge in [0.25, 0.3) is 0 Å². The Morgan fingerprint density at radius 3 is 2.22 bits per heavy atom. The summed E-state index contributed by atoms with van der Waals surface area (Å²) in [6, 6.07) is 7.54. The largest absolute Gasteiger partial charge is 0.478 e. The number of aromatic carboxylic acids is 1. The summed E-state index contributed by atoms with van der Waals surface area (Å²) in [5, 5.41) is 9.02. The van der Waals surface area contributed by atoms with E-state index in [1.54, 1.807) is 17.0 Å². The average molecular weight is 375 g/mol. The highest BCUT2D eigenvalue weighted by molar-refractivity contribution is 5.88. The molecular weight excluding hydrogens is 346 g/mol. The molecule has 7 nitrogen and oxygen atoms in total. The van der Waals surface area contributed by atoms with Crippen LogP contribution >= 0.6 is 0 Å². The number of ether oxygens (including phenoxy) is 1. The maximum Gasteiger partial charge on any atom is 0.410 e. The Morgan fingerprint density at radius 2 is 1.67 bits per heavy atom. The molecule has 1 aromatic rings. The summed E-state index contributed by atoms with van der Waals surface area (Å²) in [6.07, 6.45) is 0.848. The lowest BCUT2D eigenvalue weighted by atomic mass is 10.2. The molecule has 2 fully saturated rings. The van der Waals surface area contributed by atoms with Crippen LogP contribution in [0.1, 0.15) is 37.6 Å². The molecule has 2 aliphatic heterocycles. The van der Waals surface area contributed by atoms with Gasteiger partial charge in [0.05, 0.1) is 5.56 Å². The Bertz CT molecular complexity index is 675. The summed E-state index contributed by atoms with van der Waals surface area (Å²) < 4.78 is 5.46. The third-order valence-electron chi connectivity index (χ3n) is 5.13. The van der Waals surface area contributed by atoms with E-state index in [4.69, 9.17) is 9.84 Å². The first-order valence-electron chi connectivity index (χ1n) is 9.53. The normalized spacial score (nSPS) is 21.4. The molecule has 0 spiro atoms. The molecule has 2 saturated heterocycles. The van der Waals surface area contributed by atoms with Crippen molar-refractivity contribution in [3.8, 4) is 0 Å². The van der Waals surface area contributed by atoms with Crippen molar-refractivity contribution in [3.63, 3.8) is 0 Å². The Kier molecular flexibility index (Phi) is 5.60. The van der Waals surface area contributed by atoms with Gasteiger partial charge in [0.15, 0.2) is 0 Å². The highest BCUT2D eigenvalue weighted by Crippen LogP contribution is 2.24. The summed E-state index contributed by atoms with van der Waals surface area (Å²) in [4.78, 5) is 29.7. The van der Waals surface area contributed by atoms with Crippen LogP contribution in [0.15, 0.2) is 24.3 Å². The second kappa shape index (κ2) is 7.76. The molecule has 0 bridgehead atoms. The van der Waals surface area contributed by atoms with Gasteiger partial charge in [-0.3, -0.25) is 4.90 Å². The van der Waals surface area contributed by atoms with Gasteiger partial charge in [-0.1, -0.05) is 0 Å². The highest BCUT2D eigenvalue weighted by Gasteiger charge is 2.32. The van der Waals surface area contributed by atoms with E-state index in [1.165, 1.54) is 0 Å². The van der Waals surface area contributed by atoms with Crippen LogP contribution in [0.2, 0.25) is 0 Å². The third-order valence-corrected chi connectivity index (χ3v) is 5.13. The second-order valence-corrected chi connectivity index (χ2v) is 8.24. The predicted octanol–water partition coefficient (Wildman–Crippen LogP) is 2.52. The lowest BCUT2D eigenvalue weighted by Gasteiger charge is -2.38. The number of anilines is 1. The van der Waals surface area contributed by atoms with Crippen LogP contribution in [-0.4, -0.2) is 77.9 Å². The fourth-order valence-electron chi connectivity index (χ4n) is 3.69. The Balaban J connectivity index is 1.50. The molecule has 1 N–H and O–H groups in total. The first-order valence-corrected chi connectivity index (χ1v) is 9.53. The summed E-state index contributed by atoms with van der Waals surface area (Å²) in [5.41, 5.74) is 0.916. The molecule has 0 unspecified atom stereocenters. The van der Waals surface area contributed by atoms with Crippen molar-refractivity contribution >= 4 is 17.7 Å². The average Bonchev–Trinajstić information content (AvgIpc) is 3.10. The van der Waals surface area contributed by atoms with Crippen molar-refractivity contribution in [1.29, 1.82) is 0 Å². The molecule has 3 rings (SSSR count). The lowest BCUT2D eigenvalue weighted by molar-refractivity contribution is 0.0112. The highest BCUT2D eigenvalue weighted by atomic mass is 16.6. The van der Waals surface area contributed by atoms with Gasteiger partial charge in [0.2, 0.25) is 0 Å². The van der Waals surface area contributed by atoms with Gasteiger partial charge in [-0.25, -0.2) is 9.59 Å². The minimum Gasteiger partial charge on any atom is -0.478 e. The summed E-state index contributed by atoms with van der Waals surface area (Å²) in [7, 11) is 0. The first-order chi connectivity index (χ1) is 12.7. The van der Waals surface area contributed by atoms with Gasteiger partial charge in [-0.2, -0.15) is 0 Å². The zero-order valence-electron chi connectivity index (χ0n) is 16.4. The van der Waals surface area contributed by atoms with Gasteiger partial charge >= 0.3 is 12.1 Å². The van der Waals surface area contributed by atoms with Crippen LogP contribution in [-0.2, 0) is 4.74 Å². The van der Waals surface area contributed by atoms with Gasteiger partial charge < -0.3 is 19.6 Å². The van der Waals surface area contributed by atoms with Crippen molar-refractivity contribution in [2.75, 3.05) is 44.2 Å². The molecule has 2 aliphatic rings. The monoisotopic (exact) mass is 375 g/mol. The van der Waals surface area contributed by atoms with Crippen LogP contribution in [0.25, 0.3) is 0 Å². The molecular formula is C20H29N3O4. The van der Waals surface area contributed by atoms with Gasteiger partial charge in [0.1, 0.15) is 5.60 Å². The number of nitrogens with zero attached hydrogens (tertiary/aromatic N) is 3. The molecule has 2 heterocycles. The van der Waals surface area contributed by atoms with Crippen molar-refractivity contribution in [2.45, 2.75) is 38.8 Å². The zero-order chi connectivity index (χ0) is 19.6. The fourth-order valence-corrected chi connectivity index (χ4v) is 3.69. The number of carbonyl (C=O) groups excluding carboxylic acids is 1. The number of amides is 1. The summed E-state index contributed by atoms with van der Waals surface area (Å²) in [5.74, 6) is -0.899. The number of hydrogen-bond donors (Lipinski definition) is 1. The zero-order valence-corrected chi connectivity index (χ0v) is 16.4. The molecule has 0 aliphatic carbocycles. The molecule has 1 aromatic carbocycles. The minimum absolute atomic E-state index is 0.228. The molecule has 1 atom stereocenters. The van der Waals surface area contributed by atoms with Crippen LogP contribution < -0.4 is 4.90 Å². The van der Waals surface area contributed by atoms with Crippen LogP contribution in [0, 0.1) is 0 Å². The van der Waals surface area contributed by atoms with E-state index in [9.17, 15) is 9.59 Å². The number of hydrogen-bond acceptors (Lipinski definition) is 5. The third kappa shape index (κ3) is 4.91. The number of rotatable bonds is 3. The molecule has 27 heavy (non-hydrogen) atoms. The van der Waals surface area contributed by atoms with Crippen LogP contribution in [0.5, 0.6) is 0 Å². The molecule has 7 heteroatoms. The Morgan fingerprint density at radius 1 is 1.04 bits per heavy atom. The standard InChI is InChI=1S/C20H29N3O4/c1-20(2,3)27-19(26)22-12-10-21(11-13-22)17-8-9-23(14-17)16-6-4-15(5-7-16)18(24)25/h4-7,17H,8-14H2,1-3H3,(H,24,25)/t17-/m1/s1. The molecule has 0 radical (unpaired) electrons. The van der Waals surface area contributed by atoms with Crippen LogP contribution in [0.3, 0.4) is 0 Å². The molecule has 0 saturated carbocycles. The van der Waals surface area contributed by atoms with E-state index in [1.807, 2.05) is 32.9 Å². The van der Waals surface area contributed by atoms with Crippen molar-refractivity contribution in [1.82, 2.24) is 9.80 Å². The SMILES string of the molecule is CC(C)(C)OC(=O)N1CCN([C@@H]2CCN(c3ccc(C(=O)O)cc3)C2)CC1. The number of piperazine rings is 1. The quantitative estimate of drug-likeness (QED) is 0.875. The minimum atomic E-state index is -0.899. The predicted molar refractivity (Wildman–Crippen MR) is 103 cm³/mol. The van der Waals surface area contributed by atoms with Gasteiger partial charge in [-0.15, -0.1) is 0 Å². The number of carbonyl (C=O) groups is 2. The van der Waals surface area contributed by atoms with E-state index >= 15 is 0 Å². The Hall–Kier alpha value is -2.28. The number of carboxylic acid groups (broad SMARTS) is 1. The van der Waals surface area contributed by atoms with E-state index < -0.39 is 11.6 Å². The summed E-state index contributed by atoms with van der Waals surface area (Å²) in [6.45, 7) is 10.6. The smallest absolute Gasteiger partial charge is 0.410 e. The van der Waals surface area contributed by atoms with Gasteiger partial charge in [0, 0.05) is 51.0 Å². The maximum atomic E-state index is 12.2. The lowest BCUT2D eigenvalue weighted by Crippen LogP contribution is -2.53. The first kappa shape index (κ1) is 19.5. The molecule has 0 aromatic heterocycles. The van der Waals surface area contributed by atoms with E-state index in [0.717, 1.165) is 38.3 Å². The van der Waals surface area contributed by atoms with Crippen molar-refractivity contribution < 1.29 is 19.4 Å². The number of benzene rings is 1. The summed E-state index contributed by atoms with van der Waals surface area (Å²) >= 11 is 0. The topological polar surface area (TPSA) is 73.3 Å². The van der Waals surface area contributed by atoms with E-state index in [-0.39, 0.29) is 6.09 Å². The molecule has 148 valence electrons.